The zero-order valence-electron chi connectivity index (χ0n) is 8.49. The minimum absolute atomic E-state index is 0.0623. The van der Waals surface area contributed by atoms with E-state index in [0.717, 1.165) is 17.2 Å². The Kier molecular flexibility index (Phi) is 2.57. The molecule has 1 aliphatic heterocycles. The molecular formula is C10H7N3O4. The molecule has 7 nitrogen and oxygen atoms in total. The lowest BCUT2D eigenvalue weighted by molar-refractivity contribution is -0.384. The van der Waals surface area contributed by atoms with Crippen LogP contribution in [0, 0.1) is 10.1 Å². The number of carbonyl (C=O) groups excluding carboxylic acids is 2. The third-order valence-electron chi connectivity index (χ3n) is 2.13. The van der Waals surface area contributed by atoms with E-state index in [-0.39, 0.29) is 5.69 Å². The van der Waals surface area contributed by atoms with Crippen molar-refractivity contribution in [2.45, 2.75) is 0 Å². The van der Waals surface area contributed by atoms with Gasteiger partial charge in [-0.25, -0.2) is 0 Å². The van der Waals surface area contributed by atoms with Crippen LogP contribution in [0.25, 0.3) is 0 Å². The molecule has 0 fully saturated rings. The van der Waals surface area contributed by atoms with Crippen LogP contribution in [0.15, 0.2) is 36.4 Å². The smallest absolute Gasteiger partial charge is 0.272 e. The van der Waals surface area contributed by atoms with Crippen LogP contribution in [0.4, 0.5) is 11.4 Å². The van der Waals surface area contributed by atoms with Gasteiger partial charge in [0.15, 0.2) is 0 Å². The molecule has 0 unspecified atom stereocenters. The molecule has 0 aromatic heterocycles. The van der Waals surface area contributed by atoms with Crippen LogP contribution >= 0.6 is 0 Å². The van der Waals surface area contributed by atoms with Crippen LogP contribution < -0.4 is 5.43 Å². The lowest BCUT2D eigenvalue weighted by Gasteiger charge is -2.15. The van der Waals surface area contributed by atoms with Crippen molar-refractivity contribution in [3.8, 4) is 0 Å². The Morgan fingerprint density at radius 3 is 2.06 bits per heavy atom. The summed E-state index contributed by atoms with van der Waals surface area (Å²) in [7, 11) is 0. The van der Waals surface area contributed by atoms with Crippen molar-refractivity contribution in [2.24, 2.45) is 0 Å². The molecule has 0 bridgehead atoms. The summed E-state index contributed by atoms with van der Waals surface area (Å²) in [5.41, 5.74) is 2.91. The van der Waals surface area contributed by atoms with Crippen molar-refractivity contribution in [1.29, 1.82) is 0 Å². The maximum absolute atomic E-state index is 11.2. The first-order valence-electron chi connectivity index (χ1n) is 4.65. The van der Waals surface area contributed by atoms with Gasteiger partial charge in [-0.05, 0) is 12.1 Å². The Morgan fingerprint density at radius 1 is 1.06 bits per heavy atom. The minimum Gasteiger partial charge on any atom is -0.288 e. The molecule has 0 spiro atoms. The Balaban J connectivity index is 2.12. The number of imide groups is 1. The quantitative estimate of drug-likeness (QED) is 0.474. The van der Waals surface area contributed by atoms with Gasteiger partial charge in [0, 0.05) is 24.3 Å². The first kappa shape index (κ1) is 10.8. The van der Waals surface area contributed by atoms with Gasteiger partial charge in [-0.15, -0.1) is 0 Å². The number of non-ortho nitro benzene ring substituents is 1. The third-order valence-corrected chi connectivity index (χ3v) is 2.13. The van der Waals surface area contributed by atoms with E-state index >= 15 is 0 Å². The number of benzene rings is 1. The second-order valence-corrected chi connectivity index (χ2v) is 3.26. The highest BCUT2D eigenvalue weighted by molar-refractivity contribution is 6.13. The molecule has 86 valence electrons. The van der Waals surface area contributed by atoms with Gasteiger partial charge in [0.2, 0.25) is 0 Å². The summed E-state index contributed by atoms with van der Waals surface area (Å²) in [6, 6.07) is 5.38. The summed E-state index contributed by atoms with van der Waals surface area (Å²) in [6.45, 7) is 0. The molecule has 2 rings (SSSR count). The average molecular weight is 233 g/mol. The van der Waals surface area contributed by atoms with Crippen molar-refractivity contribution >= 4 is 23.2 Å². The fraction of sp³-hybridized carbons (Fsp3) is 0. The Hall–Kier alpha value is -2.70. The molecule has 2 amide bonds. The first-order valence-corrected chi connectivity index (χ1v) is 4.65. The highest BCUT2D eigenvalue weighted by Crippen LogP contribution is 2.17. The number of anilines is 1. The van der Waals surface area contributed by atoms with Gasteiger partial charge in [-0.3, -0.25) is 25.1 Å². The second-order valence-electron chi connectivity index (χ2n) is 3.26. The molecule has 0 atom stereocenters. The number of nitrogens with zero attached hydrogens (tertiary/aromatic N) is 2. The molecule has 0 radical (unpaired) electrons. The summed E-state index contributed by atoms with van der Waals surface area (Å²) >= 11 is 0. The van der Waals surface area contributed by atoms with Gasteiger partial charge in [-0.1, -0.05) is 0 Å². The molecule has 1 aromatic rings. The number of nitro groups is 1. The fourth-order valence-electron chi connectivity index (χ4n) is 1.30. The lowest BCUT2D eigenvalue weighted by atomic mass is 10.3. The van der Waals surface area contributed by atoms with E-state index in [4.69, 9.17) is 0 Å². The van der Waals surface area contributed by atoms with Crippen LogP contribution in [0.1, 0.15) is 0 Å². The van der Waals surface area contributed by atoms with Gasteiger partial charge >= 0.3 is 0 Å². The molecule has 1 aromatic carbocycles. The minimum atomic E-state index is -0.530. The summed E-state index contributed by atoms with van der Waals surface area (Å²) < 4.78 is 0. The van der Waals surface area contributed by atoms with Crippen molar-refractivity contribution in [3.63, 3.8) is 0 Å². The SMILES string of the molecule is O=C1C=CC(=O)N1Nc1ccc([N+](=O)[O-])cc1. The second kappa shape index (κ2) is 4.05. The Morgan fingerprint density at radius 2 is 1.59 bits per heavy atom. The Labute approximate surface area is 95.5 Å². The zero-order chi connectivity index (χ0) is 12.4. The van der Waals surface area contributed by atoms with Crippen molar-refractivity contribution in [1.82, 2.24) is 5.01 Å². The maximum atomic E-state index is 11.2. The number of hydrazine groups is 1. The predicted octanol–water partition coefficient (Wildman–Crippen LogP) is 0.847. The van der Waals surface area contributed by atoms with Crippen molar-refractivity contribution in [3.05, 3.63) is 46.5 Å². The summed E-state index contributed by atoms with van der Waals surface area (Å²) in [5, 5.41) is 11.2. The van der Waals surface area contributed by atoms with E-state index in [1.54, 1.807) is 0 Å². The number of carbonyl (C=O) groups is 2. The normalized spacial score (nSPS) is 14.2. The summed E-state index contributed by atoms with van der Waals surface area (Å²) in [4.78, 5) is 32.3. The zero-order valence-corrected chi connectivity index (χ0v) is 8.49. The van der Waals surface area contributed by atoms with Crippen LogP contribution in [0.2, 0.25) is 0 Å². The van der Waals surface area contributed by atoms with Gasteiger partial charge < -0.3 is 0 Å². The Bertz CT molecular complexity index is 503. The van der Waals surface area contributed by atoms with Crippen molar-refractivity contribution in [2.75, 3.05) is 5.43 Å². The molecule has 0 aliphatic carbocycles. The van der Waals surface area contributed by atoms with Crippen LogP contribution in [0.3, 0.4) is 0 Å². The molecule has 7 heteroatoms. The highest BCUT2D eigenvalue weighted by atomic mass is 16.6. The van der Waals surface area contributed by atoms with Gasteiger partial charge in [-0.2, -0.15) is 5.01 Å². The lowest BCUT2D eigenvalue weighted by Crippen LogP contribution is -2.35. The monoisotopic (exact) mass is 233 g/mol. The van der Waals surface area contributed by atoms with E-state index in [0.29, 0.717) is 5.69 Å². The third kappa shape index (κ3) is 2.12. The molecule has 1 N–H and O–H groups in total. The number of nitrogens with one attached hydrogen (secondary N) is 1. The van der Waals surface area contributed by atoms with E-state index in [2.05, 4.69) is 5.43 Å². The van der Waals surface area contributed by atoms with Crippen LogP contribution in [0.5, 0.6) is 0 Å². The number of hydrogen-bond donors (Lipinski definition) is 1. The van der Waals surface area contributed by atoms with E-state index in [9.17, 15) is 19.7 Å². The standard InChI is InChI=1S/C10H7N3O4/c14-9-5-6-10(15)12(9)11-7-1-3-8(4-2-7)13(16)17/h1-6,11H. The number of nitro benzene ring substituents is 1. The first-order chi connectivity index (χ1) is 8.08. The van der Waals surface area contributed by atoms with Crippen molar-refractivity contribution < 1.29 is 14.5 Å². The average Bonchev–Trinajstić information content (AvgIpc) is 2.61. The van der Waals surface area contributed by atoms with E-state index in [1.807, 2.05) is 0 Å². The predicted molar refractivity (Wildman–Crippen MR) is 57.7 cm³/mol. The van der Waals surface area contributed by atoms with Crippen LogP contribution in [-0.4, -0.2) is 21.7 Å². The maximum Gasteiger partial charge on any atom is 0.272 e. The van der Waals surface area contributed by atoms with Gasteiger partial charge in [0.25, 0.3) is 17.5 Å². The summed E-state index contributed by atoms with van der Waals surface area (Å²) in [5.74, 6) is -0.957. The van der Waals surface area contributed by atoms with E-state index in [1.165, 1.54) is 24.3 Å². The van der Waals surface area contributed by atoms with Crippen LogP contribution in [-0.2, 0) is 9.59 Å². The molecule has 0 saturated heterocycles. The highest BCUT2D eigenvalue weighted by Gasteiger charge is 2.23. The largest absolute Gasteiger partial charge is 0.288 e. The fourth-order valence-corrected chi connectivity index (χ4v) is 1.30. The molecule has 0 saturated carbocycles. The molecule has 17 heavy (non-hydrogen) atoms. The van der Waals surface area contributed by atoms with Gasteiger partial charge in [0.1, 0.15) is 0 Å². The van der Waals surface area contributed by atoms with Gasteiger partial charge in [0.05, 0.1) is 10.6 Å². The topological polar surface area (TPSA) is 92.6 Å². The number of hydrogen-bond acceptors (Lipinski definition) is 5. The number of amides is 2. The molecule has 1 heterocycles. The molecular weight excluding hydrogens is 226 g/mol. The number of rotatable bonds is 3. The summed E-state index contributed by atoms with van der Waals surface area (Å²) in [6.07, 6.45) is 2.28. The molecule has 1 aliphatic rings. The van der Waals surface area contributed by atoms with E-state index < -0.39 is 16.7 Å².